The van der Waals surface area contributed by atoms with Gasteiger partial charge >= 0.3 is 13.6 Å². The molecule has 0 bridgehead atoms. The van der Waals surface area contributed by atoms with Gasteiger partial charge < -0.3 is 23.3 Å². The molecule has 0 atom stereocenters. The van der Waals surface area contributed by atoms with Crippen LogP contribution in [0.15, 0.2) is 42.5 Å². The van der Waals surface area contributed by atoms with Crippen LogP contribution in [0, 0.1) is 0 Å². The van der Waals surface area contributed by atoms with Crippen molar-refractivity contribution in [1.82, 2.24) is 9.78 Å². The minimum absolute atomic E-state index is 0.0613. The lowest BCUT2D eigenvalue weighted by atomic mass is 9.99. The van der Waals surface area contributed by atoms with Crippen LogP contribution in [0.25, 0.3) is 0 Å². The van der Waals surface area contributed by atoms with Crippen LogP contribution in [-0.4, -0.2) is 41.9 Å². The second kappa shape index (κ2) is 15.6. The van der Waals surface area contributed by atoms with Crippen molar-refractivity contribution in [1.29, 1.82) is 0 Å². The molecule has 1 aromatic heterocycles. The van der Waals surface area contributed by atoms with Gasteiger partial charge in [0.05, 0.1) is 25.5 Å². The highest BCUT2D eigenvalue weighted by atomic mass is 35.5. The predicted molar refractivity (Wildman–Crippen MR) is 159 cm³/mol. The zero-order chi connectivity index (χ0) is 30.0. The molecule has 224 valence electrons. The standard InChI is InChI=1S/C29H37Cl2N2O7P/c1-6-36-27(34)17-33-29(26(28(32-33)20(4)5)15-22-13-23(30)16-24(31)14-22)37-18-21-9-11-25(12-10-21)38-19-41(35,39-7-2)40-8-3/h9-14,16,20H,6-8,15,17-19H2,1-5H3. The molecule has 9 nitrogen and oxygen atoms in total. The SMILES string of the molecule is CCOC(=O)Cn1nc(C(C)C)c(Cc2cc(Cl)cc(Cl)c2)c1OCc1ccc(OCP(=O)(OCC)OCC)cc1. The van der Waals surface area contributed by atoms with Gasteiger partial charge in [-0.2, -0.15) is 5.10 Å². The molecule has 0 amide bonds. The summed E-state index contributed by atoms with van der Waals surface area (Å²) in [6, 6.07) is 12.6. The Balaban J connectivity index is 1.84. The molecule has 0 aliphatic carbocycles. The van der Waals surface area contributed by atoms with Crippen molar-refractivity contribution >= 4 is 36.8 Å². The maximum absolute atomic E-state index is 12.7. The van der Waals surface area contributed by atoms with E-state index in [2.05, 4.69) is 0 Å². The van der Waals surface area contributed by atoms with E-state index in [0.29, 0.717) is 28.1 Å². The van der Waals surface area contributed by atoms with Crippen LogP contribution in [0.2, 0.25) is 10.0 Å². The van der Waals surface area contributed by atoms with Crippen molar-refractivity contribution in [2.24, 2.45) is 0 Å². The third kappa shape index (κ3) is 9.76. The number of hydrogen-bond acceptors (Lipinski definition) is 8. The van der Waals surface area contributed by atoms with Gasteiger partial charge in [-0.15, -0.1) is 0 Å². The lowest BCUT2D eigenvalue weighted by Gasteiger charge is -2.17. The summed E-state index contributed by atoms with van der Waals surface area (Å²) in [6.07, 6.45) is 0.269. The van der Waals surface area contributed by atoms with Crippen LogP contribution >= 0.6 is 30.8 Å². The molecule has 0 unspecified atom stereocenters. The molecule has 0 radical (unpaired) electrons. The van der Waals surface area contributed by atoms with Crippen LogP contribution in [0.3, 0.4) is 0 Å². The quantitative estimate of drug-likeness (QED) is 0.118. The number of carbonyl (C=O) groups excluding carboxylic acids is 1. The smallest absolute Gasteiger partial charge is 0.367 e. The molecule has 1 heterocycles. The van der Waals surface area contributed by atoms with E-state index in [1.807, 2.05) is 38.1 Å². The summed E-state index contributed by atoms with van der Waals surface area (Å²) in [5.74, 6) is 0.630. The third-order valence-electron chi connectivity index (χ3n) is 5.80. The average molecular weight is 628 g/mol. The molecule has 3 rings (SSSR count). The molecule has 0 fully saturated rings. The molecule has 12 heteroatoms. The van der Waals surface area contributed by atoms with Crippen molar-refractivity contribution in [2.45, 2.75) is 60.1 Å². The second-order valence-electron chi connectivity index (χ2n) is 9.39. The number of benzene rings is 2. The van der Waals surface area contributed by atoms with E-state index in [9.17, 15) is 9.36 Å². The van der Waals surface area contributed by atoms with E-state index >= 15 is 0 Å². The Morgan fingerprint density at radius 2 is 1.56 bits per heavy atom. The number of ether oxygens (including phenoxy) is 3. The summed E-state index contributed by atoms with van der Waals surface area (Å²) in [5, 5.41) is 5.79. The molecule has 0 spiro atoms. The fraction of sp³-hybridized carbons (Fsp3) is 0.448. The van der Waals surface area contributed by atoms with Crippen LogP contribution in [0.1, 0.15) is 62.9 Å². The first-order chi connectivity index (χ1) is 19.6. The third-order valence-corrected chi connectivity index (χ3v) is 7.99. The number of carbonyl (C=O) groups is 1. The highest BCUT2D eigenvalue weighted by Crippen LogP contribution is 2.47. The van der Waals surface area contributed by atoms with Crippen molar-refractivity contribution in [3.8, 4) is 11.6 Å². The van der Waals surface area contributed by atoms with Gasteiger partial charge in [0.25, 0.3) is 0 Å². The molecule has 0 aliphatic rings. The van der Waals surface area contributed by atoms with Gasteiger partial charge in [-0.3, -0.25) is 9.36 Å². The molecule has 41 heavy (non-hydrogen) atoms. The van der Waals surface area contributed by atoms with Gasteiger partial charge in [-0.05, 0) is 68.1 Å². The van der Waals surface area contributed by atoms with E-state index in [1.165, 1.54) is 0 Å². The number of halogens is 2. The molecule has 0 saturated carbocycles. The van der Waals surface area contributed by atoms with Crippen LogP contribution in [0.4, 0.5) is 0 Å². The first-order valence-corrected chi connectivity index (χ1v) is 16.0. The topological polar surface area (TPSA) is 98.1 Å². The average Bonchev–Trinajstić information content (AvgIpc) is 3.23. The van der Waals surface area contributed by atoms with Gasteiger partial charge in [0.15, 0.2) is 6.35 Å². The normalized spacial score (nSPS) is 11.6. The van der Waals surface area contributed by atoms with Crippen molar-refractivity contribution < 1.29 is 32.6 Å². The van der Waals surface area contributed by atoms with Crippen molar-refractivity contribution in [3.63, 3.8) is 0 Å². The van der Waals surface area contributed by atoms with Gasteiger partial charge in [0.2, 0.25) is 5.88 Å². The molecular formula is C29H37Cl2N2O7P. The van der Waals surface area contributed by atoms with E-state index in [0.717, 1.165) is 22.4 Å². The van der Waals surface area contributed by atoms with Crippen molar-refractivity contribution in [2.75, 3.05) is 26.2 Å². The maximum atomic E-state index is 12.7. The maximum Gasteiger partial charge on any atom is 0.367 e. The first-order valence-electron chi connectivity index (χ1n) is 13.5. The minimum Gasteiger partial charge on any atom is -0.481 e. The van der Waals surface area contributed by atoms with E-state index in [-0.39, 0.29) is 45.2 Å². The van der Waals surface area contributed by atoms with E-state index < -0.39 is 13.6 Å². The van der Waals surface area contributed by atoms with Crippen LogP contribution in [0.5, 0.6) is 11.6 Å². The summed E-state index contributed by atoms with van der Waals surface area (Å²) >= 11 is 12.5. The highest BCUT2D eigenvalue weighted by molar-refractivity contribution is 7.53. The van der Waals surface area contributed by atoms with E-state index in [4.69, 9.17) is 51.6 Å². The Morgan fingerprint density at radius 1 is 0.927 bits per heavy atom. The number of aromatic nitrogens is 2. The van der Waals surface area contributed by atoms with Gasteiger partial charge in [-0.25, -0.2) is 4.68 Å². The summed E-state index contributed by atoms with van der Waals surface area (Å²) in [4.78, 5) is 12.4. The number of rotatable bonds is 16. The monoisotopic (exact) mass is 626 g/mol. The van der Waals surface area contributed by atoms with E-state index in [1.54, 1.807) is 43.7 Å². The molecule has 0 saturated heterocycles. The molecule has 0 aliphatic heterocycles. The number of esters is 1. The predicted octanol–water partition coefficient (Wildman–Crippen LogP) is 7.65. The summed E-state index contributed by atoms with van der Waals surface area (Å²) in [5.41, 5.74) is 3.38. The molecule has 3 aromatic rings. The Labute approximate surface area is 251 Å². The summed E-state index contributed by atoms with van der Waals surface area (Å²) < 4.78 is 41.9. The molecule has 2 aromatic carbocycles. The largest absolute Gasteiger partial charge is 0.481 e. The summed E-state index contributed by atoms with van der Waals surface area (Å²) in [7, 11) is -3.33. The molecular weight excluding hydrogens is 590 g/mol. The van der Waals surface area contributed by atoms with Crippen molar-refractivity contribution in [3.05, 3.63) is 74.9 Å². The zero-order valence-corrected chi connectivity index (χ0v) is 26.4. The Hall–Kier alpha value is -2.55. The van der Waals surface area contributed by atoms with Gasteiger partial charge in [-0.1, -0.05) is 49.2 Å². The highest BCUT2D eigenvalue weighted by Gasteiger charge is 2.25. The Bertz CT molecular complexity index is 1320. The fourth-order valence-corrected chi connectivity index (χ4v) is 6.03. The first kappa shape index (κ1) is 33.0. The Kier molecular flexibility index (Phi) is 12.6. The zero-order valence-electron chi connectivity index (χ0n) is 24.0. The van der Waals surface area contributed by atoms with Gasteiger partial charge in [0, 0.05) is 22.0 Å². The number of nitrogens with zero attached hydrogens (tertiary/aromatic N) is 2. The number of hydrogen-bond donors (Lipinski definition) is 0. The Morgan fingerprint density at radius 3 is 2.12 bits per heavy atom. The van der Waals surface area contributed by atoms with Gasteiger partial charge in [0.1, 0.15) is 18.9 Å². The minimum atomic E-state index is -3.33. The second-order valence-corrected chi connectivity index (χ2v) is 12.3. The lowest BCUT2D eigenvalue weighted by molar-refractivity contribution is -0.144. The lowest BCUT2D eigenvalue weighted by Crippen LogP contribution is -2.16. The van der Waals surface area contributed by atoms with Crippen LogP contribution in [-0.2, 0) is 42.7 Å². The molecule has 0 N–H and O–H groups in total. The fourth-order valence-electron chi connectivity index (χ4n) is 4.14. The summed E-state index contributed by atoms with van der Waals surface area (Å²) in [6.45, 7) is 10.2. The van der Waals surface area contributed by atoms with Crippen LogP contribution < -0.4 is 9.47 Å².